The Kier molecular flexibility index (Phi) is 5.52. The minimum absolute atomic E-state index is 0.224. The highest BCUT2D eigenvalue weighted by molar-refractivity contribution is 6.04. The zero-order valence-corrected chi connectivity index (χ0v) is 21.3. The van der Waals surface area contributed by atoms with Gasteiger partial charge in [0.1, 0.15) is 11.7 Å². The maximum atomic E-state index is 13.6. The molecule has 2 unspecified atom stereocenters. The summed E-state index contributed by atoms with van der Waals surface area (Å²) in [7, 11) is 1.97. The number of hydrazine groups is 1. The minimum Gasteiger partial charge on any atom is -0.350 e. The van der Waals surface area contributed by atoms with Crippen molar-refractivity contribution in [3.63, 3.8) is 0 Å². The number of aryl methyl sites for hydroxylation is 2. The van der Waals surface area contributed by atoms with Crippen molar-refractivity contribution in [3.05, 3.63) is 107 Å². The van der Waals surface area contributed by atoms with Crippen LogP contribution in [0.2, 0.25) is 0 Å². The topological polar surface area (TPSA) is 99.2 Å². The Morgan fingerprint density at radius 1 is 0.947 bits per heavy atom. The zero-order chi connectivity index (χ0) is 26.6. The summed E-state index contributed by atoms with van der Waals surface area (Å²) in [6.45, 7) is 3.66. The van der Waals surface area contributed by atoms with Crippen LogP contribution in [0.5, 0.6) is 0 Å². The van der Waals surface area contributed by atoms with Crippen molar-refractivity contribution in [2.24, 2.45) is 7.05 Å². The molecule has 8 nitrogen and oxygen atoms in total. The molecule has 0 radical (unpaired) electrons. The summed E-state index contributed by atoms with van der Waals surface area (Å²) < 4.78 is 2.03. The van der Waals surface area contributed by atoms with Crippen LogP contribution in [-0.2, 0) is 11.8 Å². The van der Waals surface area contributed by atoms with Crippen LogP contribution >= 0.6 is 0 Å². The van der Waals surface area contributed by atoms with Gasteiger partial charge in [0.15, 0.2) is 0 Å². The maximum Gasteiger partial charge on any atom is 0.286 e. The van der Waals surface area contributed by atoms with Crippen LogP contribution in [0.1, 0.15) is 50.5 Å². The fraction of sp³-hybridized carbons (Fsp3) is 0.167. The number of carbonyl (C=O) groups is 3. The first-order valence-electron chi connectivity index (χ1n) is 12.5. The van der Waals surface area contributed by atoms with Gasteiger partial charge in [-0.15, -0.1) is 0 Å². The third kappa shape index (κ3) is 3.73. The van der Waals surface area contributed by atoms with E-state index in [2.05, 4.69) is 15.8 Å². The van der Waals surface area contributed by atoms with Crippen LogP contribution in [0.25, 0.3) is 21.8 Å². The number of hydrogen-bond acceptors (Lipinski definition) is 3. The molecule has 0 fully saturated rings. The highest BCUT2D eigenvalue weighted by atomic mass is 16.2. The molecule has 3 N–H and O–H groups in total. The first kappa shape index (κ1) is 23.5. The standard InChI is InChI=1S/C30H27N5O3/c1-17-12-13-24-19(14-17)15-25(31-24)29(37)33-32-28(36)18(2)35-27(21-9-4-5-10-22(21)30(35)38)23-16-34(3)26-11-7-6-8-20(23)26/h4-16,18,27,31H,1-3H3,(H,32,36)(H,33,37). The smallest absolute Gasteiger partial charge is 0.286 e. The molecule has 1 aliphatic rings. The van der Waals surface area contributed by atoms with E-state index in [1.165, 1.54) is 0 Å². The predicted molar refractivity (Wildman–Crippen MR) is 145 cm³/mol. The number of nitrogens with one attached hydrogen (secondary N) is 3. The summed E-state index contributed by atoms with van der Waals surface area (Å²) in [5.74, 6) is -1.18. The number of amides is 3. The van der Waals surface area contributed by atoms with Gasteiger partial charge in [-0.1, -0.05) is 48.0 Å². The molecule has 3 amide bonds. The van der Waals surface area contributed by atoms with Gasteiger partial charge >= 0.3 is 0 Å². The van der Waals surface area contributed by atoms with Crippen molar-refractivity contribution < 1.29 is 14.4 Å². The average molecular weight is 506 g/mol. The molecular formula is C30H27N5O3. The lowest BCUT2D eigenvalue weighted by molar-refractivity contribution is -0.126. The number of para-hydroxylation sites is 1. The number of nitrogens with zero attached hydrogens (tertiary/aromatic N) is 2. The molecule has 0 bridgehead atoms. The Labute approximate surface area is 219 Å². The van der Waals surface area contributed by atoms with E-state index in [9.17, 15) is 14.4 Å². The number of rotatable bonds is 4. The Bertz CT molecular complexity index is 1750. The van der Waals surface area contributed by atoms with Gasteiger partial charge in [-0.2, -0.15) is 0 Å². The number of benzene rings is 3. The van der Waals surface area contributed by atoms with Crippen molar-refractivity contribution in [2.45, 2.75) is 25.9 Å². The van der Waals surface area contributed by atoms with Gasteiger partial charge in [0.05, 0.1) is 6.04 Å². The van der Waals surface area contributed by atoms with E-state index in [4.69, 9.17) is 0 Å². The number of hydrogen-bond donors (Lipinski definition) is 3. The van der Waals surface area contributed by atoms with Gasteiger partial charge in [0.2, 0.25) is 0 Å². The van der Waals surface area contributed by atoms with E-state index in [0.29, 0.717) is 11.3 Å². The molecule has 190 valence electrons. The van der Waals surface area contributed by atoms with Gasteiger partial charge in [-0.3, -0.25) is 25.2 Å². The molecule has 8 heteroatoms. The summed E-state index contributed by atoms with van der Waals surface area (Å²) in [6.07, 6.45) is 2.02. The maximum absolute atomic E-state index is 13.6. The lowest BCUT2D eigenvalue weighted by atomic mass is 9.97. The Morgan fingerprint density at radius 3 is 2.55 bits per heavy atom. The second-order valence-electron chi connectivity index (χ2n) is 9.81. The summed E-state index contributed by atoms with van der Waals surface area (Å²) in [4.78, 5) is 44.3. The second-order valence-corrected chi connectivity index (χ2v) is 9.81. The normalized spacial score (nSPS) is 15.6. The molecule has 2 aromatic heterocycles. The quantitative estimate of drug-likeness (QED) is 0.317. The fourth-order valence-corrected chi connectivity index (χ4v) is 5.44. The molecule has 0 spiro atoms. The number of aromatic amines is 1. The van der Waals surface area contributed by atoms with E-state index in [0.717, 1.165) is 38.5 Å². The van der Waals surface area contributed by atoms with Gasteiger partial charge in [-0.25, -0.2) is 0 Å². The first-order valence-corrected chi connectivity index (χ1v) is 12.5. The van der Waals surface area contributed by atoms with E-state index in [1.54, 1.807) is 24.0 Å². The molecular weight excluding hydrogens is 478 g/mol. The first-order chi connectivity index (χ1) is 18.3. The van der Waals surface area contributed by atoms with Crippen LogP contribution in [0, 0.1) is 6.92 Å². The second kappa shape index (κ2) is 8.92. The SMILES string of the molecule is Cc1ccc2[nH]c(C(=O)NNC(=O)C(C)N3C(=O)c4ccccc4C3c3cn(C)c4ccccc34)cc2c1. The number of aromatic nitrogens is 2. The van der Waals surface area contributed by atoms with Crippen molar-refractivity contribution in [1.82, 2.24) is 25.3 Å². The third-order valence-corrected chi connectivity index (χ3v) is 7.34. The average Bonchev–Trinajstić information content (AvgIpc) is 3.58. The summed E-state index contributed by atoms with van der Waals surface area (Å²) in [5.41, 5.74) is 10.7. The molecule has 5 aromatic rings. The Morgan fingerprint density at radius 2 is 1.71 bits per heavy atom. The highest BCUT2D eigenvalue weighted by Crippen LogP contribution is 2.42. The number of fused-ring (bicyclic) bond motifs is 3. The molecule has 3 heterocycles. The van der Waals surface area contributed by atoms with Crippen LogP contribution in [-0.4, -0.2) is 38.2 Å². The highest BCUT2D eigenvalue weighted by Gasteiger charge is 2.43. The number of H-pyrrole nitrogens is 1. The largest absolute Gasteiger partial charge is 0.350 e. The van der Waals surface area contributed by atoms with E-state index in [1.807, 2.05) is 85.4 Å². The minimum atomic E-state index is -0.857. The van der Waals surface area contributed by atoms with Crippen molar-refractivity contribution in [3.8, 4) is 0 Å². The molecule has 2 atom stereocenters. The molecule has 0 aliphatic carbocycles. The molecule has 0 saturated carbocycles. The van der Waals surface area contributed by atoms with Crippen LogP contribution in [0.3, 0.4) is 0 Å². The van der Waals surface area contributed by atoms with Gasteiger partial charge < -0.3 is 14.5 Å². The molecule has 38 heavy (non-hydrogen) atoms. The van der Waals surface area contributed by atoms with Gasteiger partial charge in [0, 0.05) is 46.2 Å². The van der Waals surface area contributed by atoms with Gasteiger partial charge in [0.25, 0.3) is 17.7 Å². The number of carbonyl (C=O) groups excluding carboxylic acids is 3. The molecule has 1 aliphatic heterocycles. The Balaban J connectivity index is 1.27. The van der Waals surface area contributed by atoms with Crippen molar-refractivity contribution in [1.29, 1.82) is 0 Å². The zero-order valence-electron chi connectivity index (χ0n) is 21.3. The summed E-state index contributed by atoms with van der Waals surface area (Å²) >= 11 is 0. The molecule has 3 aromatic carbocycles. The van der Waals surface area contributed by atoms with E-state index in [-0.39, 0.29) is 5.91 Å². The molecule has 0 saturated heterocycles. The summed E-state index contributed by atoms with van der Waals surface area (Å²) in [5, 5.41) is 1.93. The lowest BCUT2D eigenvalue weighted by Crippen LogP contribution is -2.52. The van der Waals surface area contributed by atoms with Crippen LogP contribution in [0.4, 0.5) is 0 Å². The molecule has 6 rings (SSSR count). The van der Waals surface area contributed by atoms with Crippen LogP contribution < -0.4 is 10.9 Å². The lowest BCUT2D eigenvalue weighted by Gasteiger charge is -2.30. The van der Waals surface area contributed by atoms with E-state index < -0.39 is 23.9 Å². The monoisotopic (exact) mass is 505 g/mol. The van der Waals surface area contributed by atoms with Crippen LogP contribution in [0.15, 0.2) is 79.0 Å². The van der Waals surface area contributed by atoms with Crippen molar-refractivity contribution in [2.75, 3.05) is 0 Å². The summed E-state index contributed by atoms with van der Waals surface area (Å²) in [6, 6.07) is 21.7. The Hall–Kier alpha value is -4.85. The third-order valence-electron chi connectivity index (χ3n) is 7.34. The van der Waals surface area contributed by atoms with Crippen molar-refractivity contribution >= 4 is 39.5 Å². The predicted octanol–water partition coefficient (Wildman–Crippen LogP) is 4.36. The fourth-order valence-electron chi connectivity index (χ4n) is 5.44. The van der Waals surface area contributed by atoms with E-state index >= 15 is 0 Å². The van der Waals surface area contributed by atoms with Gasteiger partial charge in [-0.05, 0) is 49.7 Å².